The van der Waals surface area contributed by atoms with Crippen LogP contribution in [0, 0.1) is 6.92 Å². The summed E-state index contributed by atoms with van der Waals surface area (Å²) < 4.78 is 0. The van der Waals surface area contributed by atoms with E-state index in [0.29, 0.717) is 12.6 Å². The first-order chi connectivity index (χ1) is 10.5. The van der Waals surface area contributed by atoms with Gasteiger partial charge in [-0.3, -0.25) is 4.79 Å². The van der Waals surface area contributed by atoms with Crippen LogP contribution in [0.2, 0.25) is 0 Å². The van der Waals surface area contributed by atoms with Gasteiger partial charge in [0.2, 0.25) is 5.91 Å². The summed E-state index contributed by atoms with van der Waals surface area (Å²) in [7, 11) is 0. The Balaban J connectivity index is 1.59. The van der Waals surface area contributed by atoms with E-state index >= 15 is 0 Å². The maximum Gasteiger partial charge on any atom is 0.318 e. The predicted octanol–water partition coefficient (Wildman–Crippen LogP) is 1.97. The third kappa shape index (κ3) is 3.40. The van der Waals surface area contributed by atoms with Crippen molar-refractivity contribution in [3.8, 4) is 0 Å². The van der Waals surface area contributed by atoms with Crippen LogP contribution in [-0.4, -0.2) is 40.5 Å². The lowest BCUT2D eigenvalue weighted by molar-refractivity contribution is -0.124. The number of urea groups is 1. The Morgan fingerprint density at radius 2 is 2.18 bits per heavy atom. The highest BCUT2D eigenvalue weighted by atomic mass is 32.1. The highest BCUT2D eigenvalue weighted by Crippen LogP contribution is 2.23. The van der Waals surface area contributed by atoms with Gasteiger partial charge in [0.1, 0.15) is 11.0 Å². The molecule has 0 radical (unpaired) electrons. The summed E-state index contributed by atoms with van der Waals surface area (Å²) in [6, 6.07) is -0.311. The average molecular weight is 322 g/mol. The van der Waals surface area contributed by atoms with Gasteiger partial charge in [-0.15, -0.1) is 11.3 Å². The first kappa shape index (κ1) is 15.3. The second-order valence-corrected chi connectivity index (χ2v) is 7.02. The molecule has 3 rings (SSSR count). The third-order valence-corrected chi connectivity index (χ3v) is 5.23. The Kier molecular flexibility index (Phi) is 4.33. The summed E-state index contributed by atoms with van der Waals surface area (Å²) in [5, 5.41) is 8.82. The molecule has 7 heteroatoms. The van der Waals surface area contributed by atoms with E-state index < -0.39 is 0 Å². The SMILES string of the molecule is Cc1csc([C@H](C)NC(=O)N2CCC[C@@H]2C(=O)NC2CC2)n1. The molecule has 22 heavy (non-hydrogen) atoms. The monoisotopic (exact) mass is 322 g/mol. The quantitative estimate of drug-likeness (QED) is 0.890. The molecule has 2 N–H and O–H groups in total. The van der Waals surface area contributed by atoms with Crippen LogP contribution in [0.15, 0.2) is 5.38 Å². The number of aromatic nitrogens is 1. The first-order valence-corrected chi connectivity index (χ1v) is 8.72. The molecule has 2 atom stereocenters. The van der Waals surface area contributed by atoms with Crippen molar-refractivity contribution in [3.63, 3.8) is 0 Å². The zero-order valence-electron chi connectivity index (χ0n) is 13.0. The van der Waals surface area contributed by atoms with E-state index in [1.54, 1.807) is 16.2 Å². The Hall–Kier alpha value is -1.63. The molecular weight excluding hydrogens is 300 g/mol. The first-order valence-electron chi connectivity index (χ1n) is 7.84. The summed E-state index contributed by atoms with van der Waals surface area (Å²) in [5.41, 5.74) is 0.962. The number of carbonyl (C=O) groups excluding carboxylic acids is 2. The second kappa shape index (κ2) is 6.24. The lowest BCUT2D eigenvalue weighted by atomic mass is 10.2. The van der Waals surface area contributed by atoms with Gasteiger partial charge in [-0.25, -0.2) is 9.78 Å². The molecule has 0 aromatic carbocycles. The largest absolute Gasteiger partial charge is 0.352 e. The van der Waals surface area contributed by atoms with Gasteiger partial charge in [0, 0.05) is 23.7 Å². The van der Waals surface area contributed by atoms with Crippen molar-refractivity contribution < 1.29 is 9.59 Å². The van der Waals surface area contributed by atoms with Crippen molar-refractivity contribution in [2.75, 3.05) is 6.54 Å². The normalized spacial score (nSPS) is 22.5. The van der Waals surface area contributed by atoms with Gasteiger partial charge < -0.3 is 15.5 Å². The molecule has 1 aliphatic carbocycles. The Labute approximate surface area is 134 Å². The van der Waals surface area contributed by atoms with Crippen LogP contribution in [-0.2, 0) is 4.79 Å². The van der Waals surface area contributed by atoms with E-state index in [9.17, 15) is 9.59 Å². The molecule has 120 valence electrons. The van der Waals surface area contributed by atoms with Gasteiger partial charge in [-0.1, -0.05) is 0 Å². The number of nitrogens with zero attached hydrogens (tertiary/aromatic N) is 2. The molecule has 2 aliphatic rings. The van der Waals surface area contributed by atoms with Crippen LogP contribution in [0.4, 0.5) is 4.79 Å². The van der Waals surface area contributed by atoms with Crippen molar-refractivity contribution in [1.29, 1.82) is 0 Å². The van der Waals surface area contributed by atoms with Gasteiger partial charge in [0.15, 0.2) is 0 Å². The van der Waals surface area contributed by atoms with Crippen molar-refractivity contribution in [2.45, 2.75) is 57.7 Å². The molecule has 1 aromatic rings. The molecule has 0 unspecified atom stereocenters. The fourth-order valence-electron chi connectivity index (χ4n) is 2.71. The van der Waals surface area contributed by atoms with Gasteiger partial charge in [-0.2, -0.15) is 0 Å². The van der Waals surface area contributed by atoms with E-state index in [1.165, 1.54) is 0 Å². The lowest BCUT2D eigenvalue weighted by Gasteiger charge is -2.25. The highest BCUT2D eigenvalue weighted by Gasteiger charge is 2.36. The van der Waals surface area contributed by atoms with E-state index in [1.807, 2.05) is 19.2 Å². The van der Waals surface area contributed by atoms with E-state index in [4.69, 9.17) is 0 Å². The fraction of sp³-hybridized carbons (Fsp3) is 0.667. The van der Waals surface area contributed by atoms with Gasteiger partial charge >= 0.3 is 6.03 Å². The van der Waals surface area contributed by atoms with Gasteiger partial charge in [0.25, 0.3) is 0 Å². The third-order valence-electron chi connectivity index (χ3n) is 4.09. The molecule has 0 bridgehead atoms. The molecule has 6 nitrogen and oxygen atoms in total. The summed E-state index contributed by atoms with van der Waals surface area (Å²) >= 11 is 1.54. The predicted molar refractivity (Wildman–Crippen MR) is 84.7 cm³/mol. The van der Waals surface area contributed by atoms with E-state index in [0.717, 1.165) is 36.4 Å². The molecule has 1 aromatic heterocycles. The van der Waals surface area contributed by atoms with Crippen molar-refractivity contribution in [1.82, 2.24) is 20.5 Å². The average Bonchev–Trinajstić information content (AvgIpc) is 3.00. The maximum absolute atomic E-state index is 12.5. The van der Waals surface area contributed by atoms with Crippen LogP contribution < -0.4 is 10.6 Å². The number of likely N-dealkylation sites (tertiary alicyclic amines) is 1. The minimum Gasteiger partial charge on any atom is -0.352 e. The van der Waals surface area contributed by atoms with Gasteiger partial charge in [-0.05, 0) is 39.5 Å². The molecular formula is C15H22N4O2S. The number of amides is 3. The highest BCUT2D eigenvalue weighted by molar-refractivity contribution is 7.09. The van der Waals surface area contributed by atoms with Crippen LogP contribution in [0.3, 0.4) is 0 Å². The zero-order valence-corrected chi connectivity index (χ0v) is 13.8. The number of nitrogens with one attached hydrogen (secondary N) is 2. The fourth-order valence-corrected chi connectivity index (χ4v) is 3.51. The van der Waals surface area contributed by atoms with Gasteiger partial charge in [0.05, 0.1) is 6.04 Å². The minimum atomic E-state index is -0.328. The summed E-state index contributed by atoms with van der Waals surface area (Å²) in [5.74, 6) is -0.00658. The summed E-state index contributed by atoms with van der Waals surface area (Å²) in [6.07, 6.45) is 3.74. The maximum atomic E-state index is 12.5. The smallest absolute Gasteiger partial charge is 0.318 e. The van der Waals surface area contributed by atoms with Crippen LogP contribution in [0.5, 0.6) is 0 Å². The topological polar surface area (TPSA) is 74.3 Å². The summed E-state index contributed by atoms with van der Waals surface area (Å²) in [6.45, 7) is 4.50. The second-order valence-electron chi connectivity index (χ2n) is 6.13. The van der Waals surface area contributed by atoms with Crippen molar-refractivity contribution in [2.24, 2.45) is 0 Å². The molecule has 1 aliphatic heterocycles. The Morgan fingerprint density at radius 1 is 1.41 bits per heavy atom. The van der Waals surface area contributed by atoms with E-state index in [2.05, 4.69) is 15.6 Å². The summed E-state index contributed by atoms with van der Waals surface area (Å²) in [4.78, 5) is 30.7. The molecule has 2 heterocycles. The lowest BCUT2D eigenvalue weighted by Crippen LogP contribution is -2.50. The molecule has 1 saturated heterocycles. The Bertz CT molecular complexity index is 570. The van der Waals surface area contributed by atoms with Crippen molar-refractivity contribution in [3.05, 3.63) is 16.1 Å². The number of rotatable bonds is 4. The number of hydrogen-bond acceptors (Lipinski definition) is 4. The van der Waals surface area contributed by atoms with E-state index in [-0.39, 0.29) is 24.0 Å². The molecule has 0 spiro atoms. The minimum absolute atomic E-state index is 0.00658. The number of hydrogen-bond donors (Lipinski definition) is 2. The van der Waals surface area contributed by atoms with Crippen LogP contribution in [0.1, 0.15) is 49.4 Å². The number of thiazole rings is 1. The zero-order chi connectivity index (χ0) is 15.7. The molecule has 2 fully saturated rings. The molecule has 1 saturated carbocycles. The number of aryl methyl sites for hydroxylation is 1. The number of carbonyl (C=O) groups is 2. The Morgan fingerprint density at radius 3 is 2.82 bits per heavy atom. The van der Waals surface area contributed by atoms with Crippen molar-refractivity contribution >= 4 is 23.3 Å². The van der Waals surface area contributed by atoms with Crippen LogP contribution >= 0.6 is 11.3 Å². The standard InChI is InChI=1S/C15H22N4O2S/c1-9-8-22-14(16-9)10(2)17-15(21)19-7-3-4-12(19)13(20)18-11-5-6-11/h8,10-12H,3-7H2,1-2H3,(H,17,21)(H,18,20)/t10-,12+/m0/s1. The molecule has 3 amide bonds. The van der Waals surface area contributed by atoms with Crippen LogP contribution in [0.25, 0.3) is 0 Å².